The normalized spacial score (nSPS) is 18.9. The molecule has 2 fully saturated rings. The van der Waals surface area contributed by atoms with E-state index < -0.39 is 10.0 Å². The van der Waals surface area contributed by atoms with Crippen LogP contribution < -0.4 is 4.74 Å². The number of sulfonamides is 1. The van der Waals surface area contributed by atoms with Crippen LogP contribution in [-0.2, 0) is 10.0 Å². The molecular formula is C27H32N2O4S. The first-order valence-electron chi connectivity index (χ1n) is 11.9. The molecular weight excluding hydrogens is 448 g/mol. The summed E-state index contributed by atoms with van der Waals surface area (Å²) in [5.74, 6) is 3.09. The Hall–Kier alpha value is -2.66. The second-order valence-corrected chi connectivity index (χ2v) is 11.1. The Morgan fingerprint density at radius 3 is 2.32 bits per heavy atom. The summed E-state index contributed by atoms with van der Waals surface area (Å²) in [7, 11) is -3.86. The smallest absolute Gasteiger partial charge is 0.246 e. The molecule has 2 saturated heterocycles. The molecule has 34 heavy (non-hydrogen) atoms. The van der Waals surface area contributed by atoms with Gasteiger partial charge in [0.1, 0.15) is 17.3 Å². The molecule has 0 bridgehead atoms. The van der Waals surface area contributed by atoms with Crippen molar-refractivity contribution in [2.24, 2.45) is 5.92 Å². The Balaban J connectivity index is 1.56. The van der Waals surface area contributed by atoms with Gasteiger partial charge < -0.3 is 9.64 Å². The summed E-state index contributed by atoms with van der Waals surface area (Å²) < 4.78 is 34.4. The minimum Gasteiger partial charge on any atom is -0.480 e. The predicted molar refractivity (Wildman–Crippen MR) is 132 cm³/mol. The van der Waals surface area contributed by atoms with Crippen molar-refractivity contribution >= 4 is 15.8 Å². The van der Waals surface area contributed by atoms with Crippen LogP contribution in [0.5, 0.6) is 5.75 Å². The van der Waals surface area contributed by atoms with Crippen molar-refractivity contribution in [2.45, 2.75) is 43.5 Å². The molecule has 0 spiro atoms. The lowest BCUT2D eigenvalue weighted by atomic mass is 9.95. The molecule has 2 aliphatic heterocycles. The maximum atomic E-state index is 13.7. The van der Waals surface area contributed by atoms with Gasteiger partial charge in [-0.2, -0.15) is 4.31 Å². The Labute approximate surface area is 203 Å². The molecule has 0 amide bonds. The second-order valence-electron chi connectivity index (χ2n) is 9.20. The third-order valence-electron chi connectivity index (χ3n) is 6.93. The maximum Gasteiger partial charge on any atom is 0.246 e. The number of ketones is 1. The Morgan fingerprint density at radius 2 is 1.68 bits per heavy atom. The van der Waals surface area contributed by atoms with Crippen LogP contribution in [-0.4, -0.2) is 62.2 Å². The van der Waals surface area contributed by atoms with Crippen LogP contribution in [0.1, 0.15) is 48.5 Å². The van der Waals surface area contributed by atoms with E-state index in [1.54, 1.807) is 30.3 Å². The van der Waals surface area contributed by atoms with E-state index in [4.69, 9.17) is 11.2 Å². The van der Waals surface area contributed by atoms with Crippen LogP contribution in [0.4, 0.5) is 0 Å². The van der Waals surface area contributed by atoms with Crippen molar-refractivity contribution in [3.63, 3.8) is 0 Å². The van der Waals surface area contributed by atoms with E-state index in [0.29, 0.717) is 30.3 Å². The van der Waals surface area contributed by atoms with Crippen molar-refractivity contribution < 1.29 is 17.9 Å². The van der Waals surface area contributed by atoms with E-state index in [-0.39, 0.29) is 23.0 Å². The lowest BCUT2D eigenvalue weighted by Crippen LogP contribution is -2.48. The van der Waals surface area contributed by atoms with E-state index in [2.05, 4.69) is 17.7 Å². The van der Waals surface area contributed by atoms with Crippen LogP contribution in [0.2, 0.25) is 0 Å². The molecule has 2 heterocycles. The van der Waals surface area contributed by atoms with Crippen LogP contribution in [0, 0.1) is 18.3 Å². The highest BCUT2D eigenvalue weighted by Gasteiger charge is 2.34. The highest BCUT2D eigenvalue weighted by atomic mass is 32.2. The third-order valence-corrected chi connectivity index (χ3v) is 8.85. The Bertz CT molecular complexity index is 1140. The van der Waals surface area contributed by atoms with E-state index >= 15 is 0 Å². The quantitative estimate of drug-likeness (QED) is 0.445. The van der Waals surface area contributed by atoms with Crippen LogP contribution >= 0.6 is 0 Å². The fourth-order valence-electron chi connectivity index (χ4n) is 4.83. The number of hydrogen-bond acceptors (Lipinski definition) is 5. The number of terminal acetylenes is 1. The predicted octanol–water partition coefficient (Wildman–Crippen LogP) is 3.81. The van der Waals surface area contributed by atoms with Gasteiger partial charge in [0.05, 0.1) is 0 Å². The fourth-order valence-corrected chi connectivity index (χ4v) is 6.45. The summed E-state index contributed by atoms with van der Waals surface area (Å²) >= 11 is 0. The molecule has 0 N–H and O–H groups in total. The zero-order chi connectivity index (χ0) is 24.1. The van der Waals surface area contributed by atoms with Crippen molar-refractivity contribution in [2.75, 3.05) is 32.8 Å². The Kier molecular flexibility index (Phi) is 7.72. The van der Waals surface area contributed by atoms with Gasteiger partial charge in [-0.15, -0.1) is 6.42 Å². The van der Waals surface area contributed by atoms with Gasteiger partial charge in [-0.1, -0.05) is 43.2 Å². The zero-order valence-corrected chi connectivity index (χ0v) is 20.5. The first kappa shape index (κ1) is 24.5. The van der Waals surface area contributed by atoms with E-state index in [1.165, 1.54) is 29.3 Å². The number of likely N-dealkylation sites (tertiary alicyclic amines) is 1. The summed E-state index contributed by atoms with van der Waals surface area (Å²) in [5.41, 5.74) is 0.801. The number of piperidine rings is 2. The summed E-state index contributed by atoms with van der Waals surface area (Å²) in [4.78, 5) is 15.5. The van der Waals surface area contributed by atoms with Gasteiger partial charge in [-0.05, 0) is 62.9 Å². The average molecular weight is 481 g/mol. The van der Waals surface area contributed by atoms with E-state index in [9.17, 15) is 13.2 Å². The highest BCUT2D eigenvalue weighted by Crippen LogP contribution is 2.32. The van der Waals surface area contributed by atoms with Crippen molar-refractivity contribution in [3.8, 4) is 18.1 Å². The van der Waals surface area contributed by atoms with Gasteiger partial charge in [0.2, 0.25) is 10.0 Å². The molecule has 0 unspecified atom stereocenters. The third kappa shape index (κ3) is 5.35. The maximum absolute atomic E-state index is 13.7. The number of ether oxygens (including phenoxy) is 1. The van der Waals surface area contributed by atoms with Gasteiger partial charge in [0, 0.05) is 30.3 Å². The van der Waals surface area contributed by atoms with Crippen molar-refractivity contribution in [1.29, 1.82) is 0 Å². The van der Waals surface area contributed by atoms with Gasteiger partial charge in [0.25, 0.3) is 0 Å². The summed E-state index contributed by atoms with van der Waals surface area (Å²) in [5, 5.41) is 0. The summed E-state index contributed by atoms with van der Waals surface area (Å²) in [6.45, 7) is 5.32. The van der Waals surface area contributed by atoms with E-state index in [0.717, 1.165) is 31.8 Å². The zero-order valence-electron chi connectivity index (χ0n) is 19.7. The van der Waals surface area contributed by atoms with E-state index in [1.807, 2.05) is 6.07 Å². The van der Waals surface area contributed by atoms with Gasteiger partial charge >= 0.3 is 0 Å². The molecule has 0 aromatic heterocycles. The van der Waals surface area contributed by atoms with Crippen molar-refractivity contribution in [3.05, 3.63) is 59.7 Å². The Morgan fingerprint density at radius 1 is 1.00 bits per heavy atom. The minimum atomic E-state index is -3.86. The van der Waals surface area contributed by atoms with Crippen molar-refractivity contribution in [1.82, 2.24) is 9.21 Å². The molecule has 2 aliphatic rings. The van der Waals surface area contributed by atoms with Crippen LogP contribution in [0.25, 0.3) is 0 Å². The molecule has 4 rings (SSSR count). The lowest BCUT2D eigenvalue weighted by molar-refractivity contribution is 0.101. The molecule has 0 saturated carbocycles. The number of rotatable bonds is 7. The molecule has 2 aromatic carbocycles. The molecule has 0 atom stereocenters. The second kappa shape index (κ2) is 10.7. The standard InChI is InChI=1S/C27H32N2O4S/c1-3-19-33-25-10-9-23(27(30)22-7-5-4-6-8-22)20-26(25)34(31,32)29-17-13-24(14-18-29)28-15-11-21(2)12-16-28/h1,4-10,20-21,24H,11-19H2,2H3. The fraction of sp³-hybridized carbons (Fsp3) is 0.444. The van der Waals surface area contributed by atoms with Crippen LogP contribution in [0.3, 0.4) is 0 Å². The first-order chi connectivity index (χ1) is 16.4. The molecule has 180 valence electrons. The van der Waals surface area contributed by atoms with Gasteiger partial charge in [-0.25, -0.2) is 8.42 Å². The van der Waals surface area contributed by atoms with Gasteiger partial charge in [0.15, 0.2) is 5.78 Å². The number of carbonyl (C=O) groups excluding carboxylic acids is 1. The molecule has 6 nitrogen and oxygen atoms in total. The summed E-state index contributed by atoms with van der Waals surface area (Å²) in [6.07, 6.45) is 9.35. The monoisotopic (exact) mass is 480 g/mol. The first-order valence-corrected chi connectivity index (χ1v) is 13.4. The molecule has 0 radical (unpaired) electrons. The minimum absolute atomic E-state index is 0.00483. The number of benzene rings is 2. The SMILES string of the molecule is C#CCOc1ccc(C(=O)c2ccccc2)cc1S(=O)(=O)N1CCC(N2CCC(C)CC2)CC1. The average Bonchev–Trinajstić information content (AvgIpc) is 2.88. The number of hydrogen-bond donors (Lipinski definition) is 0. The number of nitrogens with zero attached hydrogens (tertiary/aromatic N) is 2. The topological polar surface area (TPSA) is 66.9 Å². The van der Waals surface area contributed by atoms with Gasteiger partial charge in [-0.3, -0.25) is 4.79 Å². The molecule has 0 aliphatic carbocycles. The van der Waals surface area contributed by atoms with Crippen LogP contribution in [0.15, 0.2) is 53.4 Å². The lowest BCUT2D eigenvalue weighted by Gasteiger charge is -2.41. The molecule has 2 aromatic rings. The number of carbonyl (C=O) groups is 1. The summed E-state index contributed by atoms with van der Waals surface area (Å²) in [6, 6.07) is 13.8. The highest BCUT2D eigenvalue weighted by molar-refractivity contribution is 7.89. The largest absolute Gasteiger partial charge is 0.480 e. The molecule has 7 heteroatoms.